The minimum absolute atomic E-state index is 0.101. The van der Waals surface area contributed by atoms with Crippen LogP contribution in [-0.4, -0.2) is 22.4 Å². The zero-order valence-electron chi connectivity index (χ0n) is 12.1. The Morgan fingerprint density at radius 1 is 1.18 bits per heavy atom. The Kier molecular flexibility index (Phi) is 5.98. The van der Waals surface area contributed by atoms with Gasteiger partial charge in [-0.15, -0.1) is 0 Å². The van der Waals surface area contributed by atoms with Gasteiger partial charge >= 0.3 is 0 Å². The van der Waals surface area contributed by atoms with E-state index in [4.69, 9.17) is 23.2 Å². The molecule has 0 saturated heterocycles. The van der Waals surface area contributed by atoms with E-state index in [1.54, 1.807) is 24.3 Å². The lowest BCUT2D eigenvalue weighted by molar-refractivity contribution is -0.115. The molecule has 0 spiro atoms. The van der Waals surface area contributed by atoms with E-state index in [-0.39, 0.29) is 5.91 Å². The van der Waals surface area contributed by atoms with E-state index in [1.807, 2.05) is 6.92 Å². The summed E-state index contributed by atoms with van der Waals surface area (Å²) < 4.78 is 0. The molecule has 5 nitrogen and oxygen atoms in total. The predicted octanol–water partition coefficient (Wildman–Crippen LogP) is 3.79. The molecule has 0 aliphatic heterocycles. The fraction of sp³-hybridized carbons (Fsp3) is 0.267. The van der Waals surface area contributed by atoms with Crippen LogP contribution in [0.25, 0.3) is 0 Å². The van der Waals surface area contributed by atoms with Crippen LogP contribution in [0.4, 0.5) is 11.5 Å². The molecule has 1 aromatic heterocycles. The number of carbonyl (C=O) groups excluding carboxylic acids is 1. The summed E-state index contributed by atoms with van der Waals surface area (Å²) in [5.74, 6) is 0.448. The highest BCUT2D eigenvalue weighted by Gasteiger charge is 2.08. The number of nitrogens with one attached hydrogen (secondary N) is 2. The molecule has 0 unspecified atom stereocenters. The Morgan fingerprint density at radius 2 is 1.91 bits per heavy atom. The molecule has 22 heavy (non-hydrogen) atoms. The molecule has 0 fully saturated rings. The zero-order valence-corrected chi connectivity index (χ0v) is 13.6. The van der Waals surface area contributed by atoms with Crippen LogP contribution in [0.3, 0.4) is 0 Å². The van der Waals surface area contributed by atoms with Crippen LogP contribution in [0.2, 0.25) is 10.0 Å². The molecule has 2 N–H and O–H groups in total. The van der Waals surface area contributed by atoms with Crippen molar-refractivity contribution in [3.63, 3.8) is 0 Å². The standard InChI is InChI=1S/C15H16Cl2N4O/c1-2-12-14(17)15(20-9-19-12)18-8-7-13(22)21-11-5-3-10(16)4-6-11/h3-6,9H,2,7-8H2,1H3,(H,21,22)(H,18,19,20). The van der Waals surface area contributed by atoms with E-state index in [0.717, 1.165) is 12.1 Å². The normalized spacial score (nSPS) is 10.3. The highest BCUT2D eigenvalue weighted by Crippen LogP contribution is 2.21. The molecule has 2 aromatic rings. The fourth-order valence-corrected chi connectivity index (χ4v) is 2.25. The van der Waals surface area contributed by atoms with Crippen molar-refractivity contribution in [3.8, 4) is 0 Å². The third-order valence-corrected chi connectivity index (χ3v) is 3.62. The van der Waals surface area contributed by atoms with Crippen LogP contribution in [0, 0.1) is 0 Å². The molecule has 0 radical (unpaired) electrons. The average Bonchev–Trinajstić information content (AvgIpc) is 2.51. The van der Waals surface area contributed by atoms with Crippen LogP contribution in [0.1, 0.15) is 19.0 Å². The summed E-state index contributed by atoms with van der Waals surface area (Å²) in [7, 11) is 0. The van der Waals surface area contributed by atoms with Gasteiger partial charge in [0, 0.05) is 23.7 Å². The average molecular weight is 339 g/mol. The second-order valence-electron chi connectivity index (χ2n) is 4.57. The summed E-state index contributed by atoms with van der Waals surface area (Å²) >= 11 is 12.0. The largest absolute Gasteiger partial charge is 0.368 e. The van der Waals surface area contributed by atoms with Crippen molar-refractivity contribution in [3.05, 3.63) is 46.3 Å². The first-order valence-electron chi connectivity index (χ1n) is 6.88. The highest BCUT2D eigenvalue weighted by atomic mass is 35.5. The molecule has 0 bridgehead atoms. The molecule has 2 rings (SSSR count). The zero-order chi connectivity index (χ0) is 15.9. The Labute approximate surface area is 139 Å². The number of carbonyl (C=O) groups is 1. The number of amides is 1. The number of nitrogens with zero attached hydrogens (tertiary/aromatic N) is 2. The monoisotopic (exact) mass is 338 g/mol. The second kappa shape index (κ2) is 7.96. The first-order chi connectivity index (χ1) is 10.6. The number of aromatic nitrogens is 2. The van der Waals surface area contributed by atoms with E-state index in [0.29, 0.717) is 34.5 Å². The SMILES string of the molecule is CCc1ncnc(NCCC(=O)Nc2ccc(Cl)cc2)c1Cl. The van der Waals surface area contributed by atoms with E-state index >= 15 is 0 Å². The van der Waals surface area contributed by atoms with E-state index in [9.17, 15) is 4.79 Å². The van der Waals surface area contributed by atoms with Gasteiger partial charge in [-0.3, -0.25) is 4.79 Å². The van der Waals surface area contributed by atoms with Gasteiger partial charge in [0.1, 0.15) is 17.2 Å². The van der Waals surface area contributed by atoms with Crippen molar-refractivity contribution < 1.29 is 4.79 Å². The second-order valence-corrected chi connectivity index (χ2v) is 5.38. The van der Waals surface area contributed by atoms with E-state index < -0.39 is 0 Å². The lowest BCUT2D eigenvalue weighted by Crippen LogP contribution is -2.16. The van der Waals surface area contributed by atoms with Gasteiger partial charge in [0.25, 0.3) is 0 Å². The molecule has 7 heteroatoms. The van der Waals surface area contributed by atoms with Gasteiger partial charge < -0.3 is 10.6 Å². The van der Waals surface area contributed by atoms with Crippen LogP contribution in [0.15, 0.2) is 30.6 Å². The van der Waals surface area contributed by atoms with E-state index in [1.165, 1.54) is 6.33 Å². The van der Waals surface area contributed by atoms with Crippen LogP contribution >= 0.6 is 23.2 Å². The Bertz CT molecular complexity index is 646. The lowest BCUT2D eigenvalue weighted by Gasteiger charge is -2.09. The van der Waals surface area contributed by atoms with Crippen LogP contribution in [-0.2, 0) is 11.2 Å². The summed E-state index contributed by atoms with van der Waals surface area (Å²) in [4.78, 5) is 20.0. The number of rotatable bonds is 6. The van der Waals surface area contributed by atoms with Gasteiger partial charge in [0.05, 0.1) is 5.69 Å². The molecular formula is C15H16Cl2N4O. The van der Waals surface area contributed by atoms with Gasteiger partial charge in [0.2, 0.25) is 5.91 Å². The fourth-order valence-electron chi connectivity index (χ4n) is 1.83. The summed E-state index contributed by atoms with van der Waals surface area (Å²) in [6, 6.07) is 6.95. The summed E-state index contributed by atoms with van der Waals surface area (Å²) in [5.41, 5.74) is 1.49. The lowest BCUT2D eigenvalue weighted by atomic mass is 10.3. The molecule has 1 amide bonds. The number of aryl methyl sites for hydroxylation is 1. The number of benzene rings is 1. The minimum Gasteiger partial charge on any atom is -0.368 e. The Balaban J connectivity index is 1.83. The smallest absolute Gasteiger partial charge is 0.226 e. The maximum Gasteiger partial charge on any atom is 0.226 e. The first kappa shape index (κ1) is 16.5. The van der Waals surface area contributed by atoms with Gasteiger partial charge in [-0.1, -0.05) is 30.1 Å². The Hall–Kier alpha value is -1.85. The van der Waals surface area contributed by atoms with Crippen molar-refractivity contribution >= 4 is 40.6 Å². The van der Waals surface area contributed by atoms with Gasteiger partial charge in [-0.05, 0) is 30.7 Å². The maximum absolute atomic E-state index is 11.8. The van der Waals surface area contributed by atoms with Crippen molar-refractivity contribution in [1.29, 1.82) is 0 Å². The third kappa shape index (κ3) is 4.58. The number of hydrogen-bond donors (Lipinski definition) is 2. The molecule has 1 heterocycles. The molecule has 0 aliphatic carbocycles. The number of anilines is 2. The molecule has 116 valence electrons. The summed E-state index contributed by atoms with van der Waals surface area (Å²) in [6.45, 7) is 2.40. The summed E-state index contributed by atoms with van der Waals surface area (Å²) in [6.07, 6.45) is 2.48. The van der Waals surface area contributed by atoms with Gasteiger partial charge in [-0.25, -0.2) is 9.97 Å². The molecule has 0 aliphatic rings. The van der Waals surface area contributed by atoms with Crippen molar-refractivity contribution in [2.75, 3.05) is 17.2 Å². The van der Waals surface area contributed by atoms with Gasteiger partial charge in [0.15, 0.2) is 0 Å². The first-order valence-corrected chi connectivity index (χ1v) is 7.64. The molecule has 0 saturated carbocycles. The molecular weight excluding hydrogens is 323 g/mol. The highest BCUT2D eigenvalue weighted by molar-refractivity contribution is 6.33. The van der Waals surface area contributed by atoms with Gasteiger partial charge in [-0.2, -0.15) is 0 Å². The third-order valence-electron chi connectivity index (χ3n) is 2.97. The quantitative estimate of drug-likeness (QED) is 0.840. The molecule has 1 aromatic carbocycles. The predicted molar refractivity (Wildman–Crippen MR) is 89.6 cm³/mol. The van der Waals surface area contributed by atoms with Crippen LogP contribution in [0.5, 0.6) is 0 Å². The molecule has 0 atom stereocenters. The topological polar surface area (TPSA) is 66.9 Å². The minimum atomic E-state index is -0.101. The van der Waals surface area contributed by atoms with Crippen LogP contribution < -0.4 is 10.6 Å². The number of hydrogen-bond acceptors (Lipinski definition) is 4. The summed E-state index contributed by atoms with van der Waals surface area (Å²) in [5, 5.41) is 6.97. The van der Waals surface area contributed by atoms with Crippen molar-refractivity contribution in [2.24, 2.45) is 0 Å². The van der Waals surface area contributed by atoms with Crippen molar-refractivity contribution in [1.82, 2.24) is 9.97 Å². The maximum atomic E-state index is 11.8. The Morgan fingerprint density at radius 3 is 2.59 bits per heavy atom. The number of halogens is 2. The van der Waals surface area contributed by atoms with E-state index in [2.05, 4.69) is 20.6 Å². The van der Waals surface area contributed by atoms with Crippen molar-refractivity contribution in [2.45, 2.75) is 19.8 Å².